The van der Waals surface area contributed by atoms with Gasteiger partial charge in [-0.1, -0.05) is 35.4 Å². The van der Waals surface area contributed by atoms with Gasteiger partial charge in [0.1, 0.15) is 12.6 Å². The maximum absolute atomic E-state index is 12.4. The molecular weight excluding hydrogens is 428 g/mol. The zero-order valence-corrected chi connectivity index (χ0v) is 17.9. The lowest BCUT2D eigenvalue weighted by Crippen LogP contribution is -2.25. The van der Waals surface area contributed by atoms with E-state index in [0.29, 0.717) is 16.9 Å². The highest BCUT2D eigenvalue weighted by Crippen LogP contribution is 2.26. The molecule has 1 fully saturated rings. The number of nitrogens with one attached hydrogen (secondary N) is 1. The van der Waals surface area contributed by atoms with Crippen LogP contribution in [0.15, 0.2) is 61.1 Å². The van der Waals surface area contributed by atoms with Crippen LogP contribution >= 0.6 is 11.3 Å². The number of hydrogen-bond donors (Lipinski definition) is 1. The molecule has 4 heterocycles. The van der Waals surface area contributed by atoms with Gasteiger partial charge in [0, 0.05) is 30.9 Å². The Balaban J connectivity index is 1.13. The van der Waals surface area contributed by atoms with E-state index in [0.717, 1.165) is 29.9 Å². The topological polar surface area (TPSA) is 111 Å². The third-order valence-electron chi connectivity index (χ3n) is 4.99. The van der Waals surface area contributed by atoms with E-state index in [-0.39, 0.29) is 18.6 Å². The first kappa shape index (κ1) is 20.1. The van der Waals surface area contributed by atoms with E-state index in [2.05, 4.69) is 35.7 Å². The van der Waals surface area contributed by atoms with Crippen molar-refractivity contribution >= 4 is 28.2 Å². The summed E-state index contributed by atoms with van der Waals surface area (Å²) in [6, 6.07) is 13.7. The molecule has 1 N–H and O–H groups in total. The van der Waals surface area contributed by atoms with Crippen molar-refractivity contribution < 1.29 is 9.53 Å². The van der Waals surface area contributed by atoms with Crippen LogP contribution in [0.1, 0.15) is 6.42 Å². The van der Waals surface area contributed by atoms with Crippen molar-refractivity contribution in [2.24, 2.45) is 0 Å². The van der Waals surface area contributed by atoms with E-state index in [1.165, 1.54) is 11.3 Å². The predicted molar refractivity (Wildman–Crippen MR) is 119 cm³/mol. The smallest absolute Gasteiger partial charge is 0.296 e. The number of hydrogen-bond acceptors (Lipinski definition) is 9. The van der Waals surface area contributed by atoms with Gasteiger partial charge in [0.2, 0.25) is 11.0 Å². The lowest BCUT2D eigenvalue weighted by Gasteiger charge is -2.16. The molecular formula is C21H20N8O2S. The predicted octanol–water partition coefficient (Wildman–Crippen LogP) is 2.49. The normalized spacial score (nSPS) is 15.6. The molecule has 1 saturated heterocycles. The van der Waals surface area contributed by atoms with E-state index >= 15 is 0 Å². The summed E-state index contributed by atoms with van der Waals surface area (Å²) in [7, 11) is 0. The highest BCUT2D eigenvalue weighted by Gasteiger charge is 2.26. The van der Waals surface area contributed by atoms with E-state index in [1.807, 2.05) is 48.7 Å². The molecule has 162 valence electrons. The summed E-state index contributed by atoms with van der Waals surface area (Å²) in [5, 5.41) is 23.9. The van der Waals surface area contributed by atoms with Crippen LogP contribution in [0.5, 0.6) is 5.19 Å². The van der Waals surface area contributed by atoms with Crippen LogP contribution in [0.25, 0.3) is 11.1 Å². The number of benzene rings is 1. The standard InChI is InChI=1S/C21H20N8O2S/c30-19(14-29-12-16(11-23-29)15-5-2-1-3-6-15)24-20-26-27-21(32-20)31-17-8-10-28(13-17)18-7-4-9-22-25-18/h1-7,9,11-12,17H,8,10,13-14H2,(H,24,26,30)/t17-/m1/s1. The van der Waals surface area contributed by atoms with Crippen LogP contribution in [-0.4, -0.2) is 55.3 Å². The van der Waals surface area contributed by atoms with Crippen molar-refractivity contribution in [3.63, 3.8) is 0 Å². The van der Waals surface area contributed by atoms with Gasteiger partial charge in [-0.15, -0.1) is 10.2 Å². The van der Waals surface area contributed by atoms with Gasteiger partial charge in [-0.05, 0) is 29.0 Å². The number of aromatic nitrogens is 6. The van der Waals surface area contributed by atoms with Crippen molar-refractivity contribution in [3.05, 3.63) is 61.1 Å². The molecule has 5 rings (SSSR count). The Hall–Kier alpha value is -3.86. The summed E-state index contributed by atoms with van der Waals surface area (Å²) in [4.78, 5) is 14.5. The van der Waals surface area contributed by atoms with Gasteiger partial charge in [-0.2, -0.15) is 10.2 Å². The highest BCUT2D eigenvalue weighted by atomic mass is 32.1. The molecule has 32 heavy (non-hydrogen) atoms. The summed E-state index contributed by atoms with van der Waals surface area (Å²) < 4.78 is 7.54. The first-order valence-corrected chi connectivity index (χ1v) is 10.9. The van der Waals surface area contributed by atoms with E-state index in [1.54, 1.807) is 17.1 Å². The Morgan fingerprint density at radius 3 is 2.88 bits per heavy atom. The zero-order chi connectivity index (χ0) is 21.8. The Kier molecular flexibility index (Phi) is 5.71. The van der Waals surface area contributed by atoms with E-state index in [4.69, 9.17) is 4.74 Å². The lowest BCUT2D eigenvalue weighted by molar-refractivity contribution is -0.116. The molecule has 1 amide bonds. The number of carbonyl (C=O) groups is 1. The summed E-state index contributed by atoms with van der Waals surface area (Å²) in [6.45, 7) is 1.61. The molecule has 0 unspecified atom stereocenters. The molecule has 1 aromatic carbocycles. The minimum absolute atomic E-state index is 0.0195. The second-order valence-electron chi connectivity index (χ2n) is 7.27. The molecule has 1 aliphatic rings. The number of rotatable bonds is 7. The van der Waals surface area contributed by atoms with E-state index in [9.17, 15) is 4.79 Å². The van der Waals surface area contributed by atoms with Gasteiger partial charge >= 0.3 is 0 Å². The fraction of sp³-hybridized carbons (Fsp3) is 0.238. The van der Waals surface area contributed by atoms with Gasteiger partial charge in [0.25, 0.3) is 5.19 Å². The Labute approximate surface area is 187 Å². The van der Waals surface area contributed by atoms with Crippen molar-refractivity contribution in [2.45, 2.75) is 19.1 Å². The molecule has 0 bridgehead atoms. The maximum atomic E-state index is 12.4. The summed E-state index contributed by atoms with van der Waals surface area (Å²) in [6.07, 6.45) is 6.06. The quantitative estimate of drug-likeness (QED) is 0.459. The Bertz CT molecular complexity index is 1180. The molecule has 11 heteroatoms. The molecule has 0 aliphatic carbocycles. The Morgan fingerprint density at radius 2 is 2.03 bits per heavy atom. The monoisotopic (exact) mass is 448 g/mol. The summed E-state index contributed by atoms with van der Waals surface area (Å²) in [5.41, 5.74) is 2.01. The number of nitrogens with zero attached hydrogens (tertiary/aromatic N) is 7. The van der Waals surface area contributed by atoms with Crippen LogP contribution in [0, 0.1) is 0 Å². The van der Waals surface area contributed by atoms with Gasteiger partial charge in [0.15, 0.2) is 5.82 Å². The van der Waals surface area contributed by atoms with Gasteiger partial charge in [-0.3, -0.25) is 14.8 Å². The fourth-order valence-corrected chi connectivity index (χ4v) is 4.16. The SMILES string of the molecule is O=C(Cn1cc(-c2ccccc2)cn1)Nc1nnc(O[C@@H]2CCN(c3cccnn3)C2)s1. The third-order valence-corrected chi connectivity index (χ3v) is 5.72. The van der Waals surface area contributed by atoms with Crippen molar-refractivity contribution in [1.29, 1.82) is 0 Å². The molecule has 1 atom stereocenters. The fourth-order valence-electron chi connectivity index (χ4n) is 3.48. The van der Waals surface area contributed by atoms with Gasteiger partial charge < -0.3 is 9.64 Å². The Morgan fingerprint density at radius 1 is 1.12 bits per heavy atom. The molecule has 3 aromatic heterocycles. The second kappa shape index (κ2) is 9.10. The largest absolute Gasteiger partial charge is 0.464 e. The van der Waals surface area contributed by atoms with Gasteiger partial charge in [0.05, 0.1) is 12.7 Å². The minimum Gasteiger partial charge on any atom is -0.464 e. The number of anilines is 2. The third kappa shape index (κ3) is 4.72. The van der Waals surface area contributed by atoms with Crippen LogP contribution in [-0.2, 0) is 11.3 Å². The number of carbonyl (C=O) groups excluding carboxylic acids is 1. The minimum atomic E-state index is -0.231. The van der Waals surface area contributed by atoms with Crippen molar-refractivity contribution in [1.82, 2.24) is 30.2 Å². The summed E-state index contributed by atoms with van der Waals surface area (Å²) in [5.74, 6) is 0.600. The molecule has 4 aromatic rings. The molecule has 10 nitrogen and oxygen atoms in total. The first-order valence-electron chi connectivity index (χ1n) is 10.1. The molecule has 0 spiro atoms. The van der Waals surface area contributed by atoms with Crippen LogP contribution in [0.2, 0.25) is 0 Å². The molecule has 0 radical (unpaired) electrons. The average Bonchev–Trinajstić information content (AvgIpc) is 3.57. The van der Waals surface area contributed by atoms with Crippen LogP contribution in [0.4, 0.5) is 10.9 Å². The maximum Gasteiger partial charge on any atom is 0.296 e. The molecule has 0 saturated carbocycles. The van der Waals surface area contributed by atoms with Gasteiger partial charge in [-0.25, -0.2) is 0 Å². The average molecular weight is 449 g/mol. The van der Waals surface area contributed by atoms with Crippen molar-refractivity contribution in [3.8, 4) is 16.3 Å². The number of ether oxygens (including phenoxy) is 1. The number of amides is 1. The lowest BCUT2D eigenvalue weighted by atomic mass is 10.1. The first-order chi connectivity index (χ1) is 15.7. The highest BCUT2D eigenvalue weighted by molar-refractivity contribution is 7.17. The summed E-state index contributed by atoms with van der Waals surface area (Å²) >= 11 is 1.21. The second-order valence-corrected chi connectivity index (χ2v) is 8.21. The molecule has 1 aliphatic heterocycles. The van der Waals surface area contributed by atoms with E-state index < -0.39 is 0 Å². The van der Waals surface area contributed by atoms with Crippen molar-refractivity contribution in [2.75, 3.05) is 23.3 Å². The van der Waals surface area contributed by atoms with Crippen LogP contribution in [0.3, 0.4) is 0 Å². The van der Waals surface area contributed by atoms with Crippen LogP contribution < -0.4 is 15.0 Å². The zero-order valence-electron chi connectivity index (χ0n) is 17.0.